The molecule has 0 spiro atoms. The van der Waals surface area contributed by atoms with E-state index in [1.165, 1.54) is 0 Å². The lowest BCUT2D eigenvalue weighted by Crippen LogP contribution is -2.20. The molecule has 1 aromatic rings. The number of ketones is 1. The highest BCUT2D eigenvalue weighted by molar-refractivity contribution is 5.75. The lowest BCUT2D eigenvalue weighted by molar-refractivity contribution is -0.116. The van der Waals surface area contributed by atoms with Gasteiger partial charge in [0.05, 0.1) is 0 Å². The van der Waals surface area contributed by atoms with E-state index in [4.69, 9.17) is 0 Å². The third kappa shape index (κ3) is 4.69. The van der Waals surface area contributed by atoms with E-state index in [9.17, 15) is 4.79 Å². The molecule has 0 atom stereocenters. The summed E-state index contributed by atoms with van der Waals surface area (Å²) in [6, 6.07) is 1.92. The quantitative estimate of drug-likeness (QED) is 0.802. The number of nitrogens with zero attached hydrogens (tertiary/aromatic N) is 3. The summed E-state index contributed by atoms with van der Waals surface area (Å²) in [4.78, 5) is 21.7. The van der Waals surface area contributed by atoms with E-state index in [-0.39, 0.29) is 5.78 Å². The van der Waals surface area contributed by atoms with Crippen LogP contribution in [0, 0.1) is 6.92 Å². The standard InChI is InChI=1S/C13H22N4O/c1-5-8-17(4)13-9-12(15-11(3)16-13)14-7-6-10(2)18/h9H,5-8H2,1-4H3,(H,14,15,16). The first-order valence-corrected chi connectivity index (χ1v) is 6.33. The van der Waals surface area contributed by atoms with Crippen LogP contribution in [0.15, 0.2) is 6.07 Å². The maximum Gasteiger partial charge on any atom is 0.134 e. The lowest BCUT2D eigenvalue weighted by atomic mass is 10.3. The SMILES string of the molecule is CCCN(C)c1cc(NCCC(C)=O)nc(C)n1. The Morgan fingerprint density at radius 1 is 1.44 bits per heavy atom. The molecule has 0 aliphatic carbocycles. The summed E-state index contributed by atoms with van der Waals surface area (Å²) in [6.07, 6.45) is 1.59. The van der Waals surface area contributed by atoms with Gasteiger partial charge in [-0.3, -0.25) is 4.79 Å². The third-order valence-electron chi connectivity index (χ3n) is 2.56. The summed E-state index contributed by atoms with van der Waals surface area (Å²) in [5.41, 5.74) is 0. The molecule has 0 saturated heterocycles. The molecule has 0 aromatic carbocycles. The molecule has 100 valence electrons. The minimum Gasteiger partial charge on any atom is -0.369 e. The number of carbonyl (C=O) groups is 1. The molecule has 0 unspecified atom stereocenters. The second-order valence-corrected chi connectivity index (χ2v) is 4.46. The highest BCUT2D eigenvalue weighted by atomic mass is 16.1. The normalized spacial score (nSPS) is 10.2. The van der Waals surface area contributed by atoms with Gasteiger partial charge >= 0.3 is 0 Å². The van der Waals surface area contributed by atoms with Crippen molar-refractivity contribution in [3.63, 3.8) is 0 Å². The van der Waals surface area contributed by atoms with Crippen molar-refractivity contribution in [3.8, 4) is 0 Å². The Balaban J connectivity index is 2.71. The molecule has 0 fully saturated rings. The van der Waals surface area contributed by atoms with Crippen molar-refractivity contribution in [1.29, 1.82) is 0 Å². The molecule has 0 saturated carbocycles. The zero-order valence-electron chi connectivity index (χ0n) is 11.7. The van der Waals surface area contributed by atoms with Crippen molar-refractivity contribution >= 4 is 17.4 Å². The van der Waals surface area contributed by atoms with Crippen molar-refractivity contribution in [2.75, 3.05) is 30.4 Å². The Kier molecular flexibility index (Phi) is 5.55. The molecule has 1 heterocycles. The van der Waals surface area contributed by atoms with Gasteiger partial charge in [0.25, 0.3) is 0 Å². The zero-order valence-corrected chi connectivity index (χ0v) is 11.7. The average molecular weight is 250 g/mol. The Hall–Kier alpha value is -1.65. The fourth-order valence-electron chi connectivity index (χ4n) is 1.65. The molecular formula is C13H22N4O. The molecule has 0 amide bonds. The first-order valence-electron chi connectivity index (χ1n) is 6.33. The topological polar surface area (TPSA) is 58.1 Å². The summed E-state index contributed by atoms with van der Waals surface area (Å²) >= 11 is 0. The van der Waals surface area contributed by atoms with Crippen LogP contribution in [0.2, 0.25) is 0 Å². The molecule has 1 rings (SSSR count). The zero-order chi connectivity index (χ0) is 13.5. The van der Waals surface area contributed by atoms with Gasteiger partial charge in [0.15, 0.2) is 0 Å². The van der Waals surface area contributed by atoms with Gasteiger partial charge in [-0.15, -0.1) is 0 Å². The predicted molar refractivity (Wildman–Crippen MR) is 74.1 cm³/mol. The van der Waals surface area contributed by atoms with Crippen LogP contribution in [0.5, 0.6) is 0 Å². The van der Waals surface area contributed by atoms with Gasteiger partial charge < -0.3 is 10.2 Å². The van der Waals surface area contributed by atoms with Gasteiger partial charge in [-0.1, -0.05) is 6.92 Å². The Bertz CT molecular complexity index is 406. The van der Waals surface area contributed by atoms with Gasteiger partial charge in [0.2, 0.25) is 0 Å². The number of Topliss-reactive ketones (excluding diaryl/α,β-unsaturated/α-hetero) is 1. The molecule has 18 heavy (non-hydrogen) atoms. The molecular weight excluding hydrogens is 228 g/mol. The molecule has 5 nitrogen and oxygen atoms in total. The van der Waals surface area contributed by atoms with Crippen LogP contribution >= 0.6 is 0 Å². The van der Waals surface area contributed by atoms with Gasteiger partial charge in [-0.2, -0.15) is 0 Å². The van der Waals surface area contributed by atoms with E-state index in [1.807, 2.05) is 20.0 Å². The second kappa shape index (κ2) is 6.93. The largest absolute Gasteiger partial charge is 0.369 e. The van der Waals surface area contributed by atoms with Crippen molar-refractivity contribution in [2.45, 2.75) is 33.6 Å². The number of aryl methyl sites for hydroxylation is 1. The van der Waals surface area contributed by atoms with Gasteiger partial charge in [0.1, 0.15) is 23.2 Å². The Labute approximate surface area is 109 Å². The number of anilines is 2. The van der Waals surface area contributed by atoms with Crippen molar-refractivity contribution in [3.05, 3.63) is 11.9 Å². The monoisotopic (exact) mass is 250 g/mol. The van der Waals surface area contributed by atoms with E-state index < -0.39 is 0 Å². The maximum atomic E-state index is 10.9. The Morgan fingerprint density at radius 2 is 2.17 bits per heavy atom. The average Bonchev–Trinajstić information content (AvgIpc) is 2.28. The van der Waals surface area contributed by atoms with Gasteiger partial charge in [-0.05, 0) is 20.3 Å². The van der Waals surface area contributed by atoms with Crippen LogP contribution in [0.3, 0.4) is 0 Å². The van der Waals surface area contributed by atoms with Gasteiger partial charge in [-0.25, -0.2) is 9.97 Å². The molecule has 5 heteroatoms. The molecule has 0 radical (unpaired) electrons. The first-order chi connectivity index (χ1) is 8.52. The molecule has 1 N–H and O–H groups in total. The van der Waals surface area contributed by atoms with E-state index in [0.717, 1.165) is 30.4 Å². The minimum atomic E-state index is 0.177. The first kappa shape index (κ1) is 14.4. The van der Waals surface area contributed by atoms with E-state index in [0.29, 0.717) is 13.0 Å². The summed E-state index contributed by atoms with van der Waals surface area (Å²) in [5.74, 6) is 2.61. The van der Waals surface area contributed by atoms with Crippen LogP contribution in [0.1, 0.15) is 32.5 Å². The highest BCUT2D eigenvalue weighted by Gasteiger charge is 2.05. The number of rotatable bonds is 7. The van der Waals surface area contributed by atoms with Crippen LogP contribution in [0.4, 0.5) is 11.6 Å². The third-order valence-corrected chi connectivity index (χ3v) is 2.56. The van der Waals surface area contributed by atoms with Gasteiger partial charge in [0, 0.05) is 32.6 Å². The molecule has 0 aliphatic rings. The van der Waals surface area contributed by atoms with Crippen LogP contribution < -0.4 is 10.2 Å². The van der Waals surface area contributed by atoms with Crippen molar-refractivity contribution < 1.29 is 4.79 Å². The summed E-state index contributed by atoms with van der Waals surface area (Å²) < 4.78 is 0. The highest BCUT2D eigenvalue weighted by Crippen LogP contribution is 2.14. The Morgan fingerprint density at radius 3 is 2.78 bits per heavy atom. The van der Waals surface area contributed by atoms with Crippen LogP contribution in [-0.2, 0) is 4.79 Å². The van der Waals surface area contributed by atoms with Crippen molar-refractivity contribution in [1.82, 2.24) is 9.97 Å². The van der Waals surface area contributed by atoms with Crippen molar-refractivity contribution in [2.24, 2.45) is 0 Å². The number of hydrogen-bond donors (Lipinski definition) is 1. The maximum absolute atomic E-state index is 10.9. The lowest BCUT2D eigenvalue weighted by Gasteiger charge is -2.18. The fraction of sp³-hybridized carbons (Fsp3) is 0.615. The summed E-state index contributed by atoms with van der Waals surface area (Å²) in [6.45, 7) is 7.18. The summed E-state index contributed by atoms with van der Waals surface area (Å²) in [7, 11) is 2.02. The number of hydrogen-bond acceptors (Lipinski definition) is 5. The van der Waals surface area contributed by atoms with E-state index >= 15 is 0 Å². The second-order valence-electron chi connectivity index (χ2n) is 4.46. The predicted octanol–water partition coefficient (Wildman–Crippen LogP) is 2.02. The van der Waals surface area contributed by atoms with E-state index in [1.54, 1.807) is 6.92 Å². The summed E-state index contributed by atoms with van der Waals surface area (Å²) in [5, 5.41) is 3.16. The van der Waals surface area contributed by atoms with Crippen LogP contribution in [0.25, 0.3) is 0 Å². The molecule has 1 aromatic heterocycles. The number of nitrogens with one attached hydrogen (secondary N) is 1. The fourth-order valence-corrected chi connectivity index (χ4v) is 1.65. The molecule has 0 aliphatic heterocycles. The van der Waals surface area contributed by atoms with Crippen LogP contribution in [-0.4, -0.2) is 35.9 Å². The minimum absolute atomic E-state index is 0.177. The smallest absolute Gasteiger partial charge is 0.134 e. The number of aromatic nitrogens is 2. The molecule has 0 bridgehead atoms. The number of carbonyl (C=O) groups excluding carboxylic acids is 1. The van der Waals surface area contributed by atoms with E-state index in [2.05, 4.69) is 27.1 Å².